The Morgan fingerprint density at radius 3 is 1.86 bits per heavy atom. The van der Waals surface area contributed by atoms with E-state index in [0.29, 0.717) is 6.54 Å². The van der Waals surface area contributed by atoms with Crippen LogP contribution in [0.15, 0.2) is 4.99 Å². The average Bonchev–Trinajstić information content (AvgIpc) is 1.30. The van der Waals surface area contributed by atoms with Crippen molar-refractivity contribution >= 4 is 36.8 Å². The van der Waals surface area contributed by atoms with Crippen molar-refractivity contribution in [2.75, 3.05) is 6.54 Å². The van der Waals surface area contributed by atoms with Gasteiger partial charge in [0.1, 0.15) is 6.54 Å². The molecule has 0 amide bonds. The molecule has 0 aromatic heterocycles. The van der Waals surface area contributed by atoms with E-state index >= 15 is 0 Å². The van der Waals surface area contributed by atoms with Gasteiger partial charge in [-0.25, -0.2) is 0 Å². The van der Waals surface area contributed by atoms with Crippen LogP contribution < -0.4 is 0 Å². The van der Waals surface area contributed by atoms with Crippen molar-refractivity contribution in [1.82, 2.24) is 0 Å². The molecule has 1 aliphatic heterocycles. The molecule has 4 heteroatoms. The lowest BCUT2D eigenvalue weighted by atomic mass is 10.3. The van der Waals surface area contributed by atoms with Crippen LogP contribution in [0.3, 0.4) is 0 Å². The average molecular weight is 142 g/mol. The summed E-state index contributed by atoms with van der Waals surface area (Å²) in [5.41, 5.74) is 0. The number of carbonyl (C=O) groups excluding carboxylic acids is 1. The highest BCUT2D eigenvalue weighted by molar-refractivity contribution is 6.33. The molecule has 0 saturated carbocycles. The highest BCUT2D eigenvalue weighted by atomic mass is 35.5. The molecule has 1 aliphatic rings. The lowest BCUT2D eigenvalue weighted by molar-refractivity contribution is -0.112. The van der Waals surface area contributed by atoms with Gasteiger partial charge in [0.05, 0.1) is 6.21 Å². The molecule has 0 N–H and O–H groups in total. The van der Waals surface area contributed by atoms with Crippen LogP contribution in [0.4, 0.5) is 0 Å². The third kappa shape index (κ3) is 2.60. The van der Waals surface area contributed by atoms with Gasteiger partial charge in [-0.3, -0.25) is 9.79 Å². The second-order valence-electron chi connectivity index (χ2n) is 0.936. The summed E-state index contributed by atoms with van der Waals surface area (Å²) in [6, 6.07) is 0. The molecule has 1 rings (SSSR count). The predicted octanol–water partition coefficient (Wildman–Crippen LogP) is 0.483. The number of rotatable bonds is 0. The van der Waals surface area contributed by atoms with Crippen LogP contribution in [0, 0.1) is 0 Å². The van der Waals surface area contributed by atoms with Gasteiger partial charge in [-0.05, 0) is 0 Å². The van der Waals surface area contributed by atoms with Gasteiger partial charge in [-0.1, -0.05) is 0 Å². The topological polar surface area (TPSA) is 29.4 Å². The molecule has 0 aromatic carbocycles. The van der Waals surface area contributed by atoms with Crippen molar-refractivity contribution in [3.05, 3.63) is 0 Å². The molecule has 0 radical (unpaired) electrons. The zero-order valence-corrected chi connectivity index (χ0v) is 5.09. The Labute approximate surface area is 53.8 Å². The largest absolute Gasteiger partial charge is 0.291 e. The minimum absolute atomic E-state index is 0. The van der Waals surface area contributed by atoms with E-state index in [9.17, 15) is 4.79 Å². The van der Waals surface area contributed by atoms with Gasteiger partial charge in [0.15, 0.2) is 5.78 Å². The number of hydrogen-bond donors (Lipinski definition) is 0. The number of hydrogen-bond acceptors (Lipinski definition) is 2. The van der Waals surface area contributed by atoms with Crippen LogP contribution in [-0.4, -0.2) is 18.5 Å². The first-order valence-corrected chi connectivity index (χ1v) is 1.42. The number of ketones is 1. The first-order chi connectivity index (χ1) is 2.39. The van der Waals surface area contributed by atoms with Gasteiger partial charge in [-0.2, -0.15) is 0 Å². The maximum absolute atomic E-state index is 9.75. The highest BCUT2D eigenvalue weighted by Crippen LogP contribution is 1.79. The maximum Gasteiger partial charge on any atom is 0.194 e. The summed E-state index contributed by atoms with van der Waals surface area (Å²) in [5, 5.41) is 0. The first-order valence-electron chi connectivity index (χ1n) is 1.42. The Morgan fingerprint density at radius 2 is 1.86 bits per heavy atom. The van der Waals surface area contributed by atoms with Gasteiger partial charge in [-0.15, -0.1) is 24.8 Å². The number of aliphatic imine (C=N–C) groups is 1. The van der Waals surface area contributed by atoms with Crippen molar-refractivity contribution in [1.29, 1.82) is 0 Å². The van der Waals surface area contributed by atoms with E-state index in [1.54, 1.807) is 0 Å². The zero-order chi connectivity index (χ0) is 3.70. The molecular weight excluding hydrogens is 137 g/mol. The molecule has 0 aromatic rings. The van der Waals surface area contributed by atoms with Crippen molar-refractivity contribution in [3.8, 4) is 0 Å². The molecule has 1 heterocycles. The minimum atomic E-state index is 0. The maximum atomic E-state index is 9.75. The predicted molar refractivity (Wildman–Crippen MR) is 32.9 cm³/mol. The fourth-order valence-electron chi connectivity index (χ4n) is 0.166. The van der Waals surface area contributed by atoms with Crippen molar-refractivity contribution in [2.45, 2.75) is 0 Å². The van der Waals surface area contributed by atoms with Crippen LogP contribution in [0.1, 0.15) is 0 Å². The SMILES string of the molecule is Cl.Cl.O=C1C=NC1. The van der Waals surface area contributed by atoms with Gasteiger partial charge in [0.25, 0.3) is 0 Å². The van der Waals surface area contributed by atoms with Gasteiger partial charge in [0.2, 0.25) is 0 Å². The van der Waals surface area contributed by atoms with Crippen molar-refractivity contribution < 1.29 is 4.79 Å². The van der Waals surface area contributed by atoms with Gasteiger partial charge >= 0.3 is 0 Å². The van der Waals surface area contributed by atoms with Gasteiger partial charge in [0, 0.05) is 0 Å². The Morgan fingerprint density at radius 1 is 1.57 bits per heavy atom. The summed E-state index contributed by atoms with van der Waals surface area (Å²) in [6.45, 7) is 0.417. The molecule has 0 fully saturated rings. The fraction of sp³-hybridized carbons (Fsp3) is 0.333. The summed E-state index contributed by atoms with van der Waals surface area (Å²) in [4.78, 5) is 13.3. The standard InChI is InChI=1S/C3H3NO.2ClH/c5-3-1-4-2-3;;/h1H,2H2;2*1H. The normalized spacial score (nSPS) is 13.4. The Hall–Kier alpha value is -0.0800. The number of halogens is 2. The summed E-state index contributed by atoms with van der Waals surface area (Å²) in [5.74, 6) is 0.144. The van der Waals surface area contributed by atoms with Crippen molar-refractivity contribution in [2.24, 2.45) is 4.99 Å². The molecule has 0 aliphatic carbocycles. The quantitative estimate of drug-likeness (QED) is 0.483. The molecule has 42 valence electrons. The van der Waals surface area contributed by atoms with Crippen LogP contribution in [0.2, 0.25) is 0 Å². The van der Waals surface area contributed by atoms with Crippen LogP contribution in [-0.2, 0) is 4.79 Å². The number of carbonyl (C=O) groups is 1. The zero-order valence-electron chi connectivity index (χ0n) is 3.46. The van der Waals surface area contributed by atoms with Crippen molar-refractivity contribution in [3.63, 3.8) is 0 Å². The third-order valence-electron chi connectivity index (χ3n) is 0.482. The molecule has 0 saturated heterocycles. The van der Waals surface area contributed by atoms with E-state index in [1.165, 1.54) is 6.21 Å². The molecule has 0 spiro atoms. The Kier molecular flexibility index (Phi) is 5.85. The Balaban J connectivity index is 0. The van der Waals surface area contributed by atoms with E-state index in [-0.39, 0.29) is 30.6 Å². The second-order valence-corrected chi connectivity index (χ2v) is 0.936. The third-order valence-corrected chi connectivity index (χ3v) is 0.482. The van der Waals surface area contributed by atoms with E-state index < -0.39 is 0 Å². The molecule has 0 bridgehead atoms. The summed E-state index contributed by atoms with van der Waals surface area (Å²) in [6.07, 6.45) is 1.33. The number of nitrogens with zero attached hydrogens (tertiary/aromatic N) is 1. The lowest BCUT2D eigenvalue weighted by Gasteiger charge is -1.92. The Bertz CT molecular complexity index is 90.9. The molecule has 2 nitrogen and oxygen atoms in total. The summed E-state index contributed by atoms with van der Waals surface area (Å²) in [7, 11) is 0. The van der Waals surface area contributed by atoms with Crippen LogP contribution >= 0.6 is 24.8 Å². The molecule has 0 atom stereocenters. The fourth-order valence-corrected chi connectivity index (χ4v) is 0.166. The minimum Gasteiger partial charge on any atom is -0.291 e. The highest BCUT2D eigenvalue weighted by Gasteiger charge is 2.00. The smallest absolute Gasteiger partial charge is 0.194 e. The summed E-state index contributed by atoms with van der Waals surface area (Å²) < 4.78 is 0. The summed E-state index contributed by atoms with van der Waals surface area (Å²) >= 11 is 0. The van der Waals surface area contributed by atoms with E-state index in [2.05, 4.69) is 4.99 Å². The van der Waals surface area contributed by atoms with E-state index in [4.69, 9.17) is 0 Å². The first kappa shape index (κ1) is 10.0. The molecule has 7 heavy (non-hydrogen) atoms. The van der Waals surface area contributed by atoms with Crippen LogP contribution in [0.25, 0.3) is 0 Å². The van der Waals surface area contributed by atoms with Crippen LogP contribution in [0.5, 0.6) is 0 Å². The molecular formula is C3H5Cl2NO. The second kappa shape index (κ2) is 4.09. The van der Waals surface area contributed by atoms with E-state index in [0.717, 1.165) is 0 Å². The monoisotopic (exact) mass is 141 g/mol. The lowest BCUT2D eigenvalue weighted by Crippen LogP contribution is -2.13. The van der Waals surface area contributed by atoms with E-state index in [1.807, 2.05) is 0 Å². The van der Waals surface area contributed by atoms with Gasteiger partial charge < -0.3 is 0 Å². The number of Topliss-reactive ketones (excluding diaryl/α,β-unsaturated/α-hetero) is 1. The molecule has 0 unspecified atom stereocenters.